The predicted octanol–water partition coefficient (Wildman–Crippen LogP) is 5.13. The van der Waals surface area contributed by atoms with Crippen LogP contribution in [0, 0.1) is 17.2 Å². The maximum atomic E-state index is 13.8. The SMILES string of the molecule is C=C(Nc1cnc(N2CC3(CCC3)C2)nc1)NC(C1=C(C)c2cc(F)ccc2C1)C(C)C. The lowest BCUT2D eigenvalue weighted by atomic mass is 9.64. The molecule has 1 saturated carbocycles. The van der Waals surface area contributed by atoms with Crippen LogP contribution in [-0.2, 0) is 6.42 Å². The summed E-state index contributed by atoms with van der Waals surface area (Å²) in [7, 11) is 0. The largest absolute Gasteiger partial charge is 0.365 e. The van der Waals surface area contributed by atoms with E-state index in [0.29, 0.717) is 17.2 Å². The van der Waals surface area contributed by atoms with E-state index in [1.165, 1.54) is 30.4 Å². The molecule has 1 atom stereocenters. The van der Waals surface area contributed by atoms with Crippen LogP contribution in [-0.4, -0.2) is 29.1 Å². The standard InChI is InChI=1S/C26H32FN5/c1-16(2)24(23-10-19-6-7-20(27)11-22(19)17(23)3)31-18(4)30-21-12-28-25(29-13-21)32-14-26(15-32)8-5-9-26/h6-7,11-13,16,24,30-31H,4-5,8-10,14-15H2,1-3H3. The van der Waals surface area contributed by atoms with Crippen molar-refractivity contribution >= 4 is 17.2 Å². The quantitative estimate of drug-likeness (QED) is 0.634. The van der Waals surface area contributed by atoms with Crippen molar-refractivity contribution < 1.29 is 4.39 Å². The third kappa shape index (κ3) is 3.76. The lowest BCUT2D eigenvalue weighted by molar-refractivity contribution is 0.0888. The van der Waals surface area contributed by atoms with E-state index in [9.17, 15) is 4.39 Å². The Kier molecular flexibility index (Phi) is 5.19. The molecule has 1 aromatic heterocycles. The van der Waals surface area contributed by atoms with Crippen molar-refractivity contribution in [3.63, 3.8) is 0 Å². The van der Waals surface area contributed by atoms with Gasteiger partial charge in [-0.15, -0.1) is 0 Å². The van der Waals surface area contributed by atoms with Crippen molar-refractivity contribution in [1.29, 1.82) is 0 Å². The lowest BCUT2D eigenvalue weighted by Gasteiger charge is -2.55. The van der Waals surface area contributed by atoms with E-state index in [0.717, 1.165) is 42.3 Å². The summed E-state index contributed by atoms with van der Waals surface area (Å²) >= 11 is 0. The summed E-state index contributed by atoms with van der Waals surface area (Å²) in [5, 5.41) is 6.85. The van der Waals surface area contributed by atoms with Crippen molar-refractivity contribution in [2.75, 3.05) is 23.3 Å². The van der Waals surface area contributed by atoms with Crippen LogP contribution in [0.3, 0.4) is 0 Å². The van der Waals surface area contributed by atoms with E-state index in [1.54, 1.807) is 12.1 Å². The van der Waals surface area contributed by atoms with Gasteiger partial charge in [-0.05, 0) is 66.5 Å². The number of halogens is 1. The summed E-state index contributed by atoms with van der Waals surface area (Å²) < 4.78 is 13.8. The molecular weight excluding hydrogens is 401 g/mol. The molecule has 1 aliphatic heterocycles. The minimum absolute atomic E-state index is 0.102. The van der Waals surface area contributed by atoms with Gasteiger partial charge in [-0.1, -0.05) is 32.9 Å². The Balaban J connectivity index is 1.22. The first-order chi connectivity index (χ1) is 15.3. The summed E-state index contributed by atoms with van der Waals surface area (Å²) in [6.45, 7) is 12.8. The van der Waals surface area contributed by atoms with Crippen LogP contribution in [0.1, 0.15) is 51.2 Å². The molecular formula is C26H32FN5. The molecule has 5 rings (SSSR count). The number of hydrogen-bond donors (Lipinski definition) is 2. The van der Waals surface area contributed by atoms with Gasteiger partial charge in [0.1, 0.15) is 5.82 Å². The van der Waals surface area contributed by atoms with Gasteiger partial charge in [-0.2, -0.15) is 0 Å². The minimum Gasteiger partial charge on any atom is -0.365 e. The molecule has 5 nitrogen and oxygen atoms in total. The van der Waals surface area contributed by atoms with Crippen molar-refractivity contribution in [3.8, 4) is 0 Å². The molecule has 2 aliphatic carbocycles. The molecule has 2 fully saturated rings. The summed E-state index contributed by atoms with van der Waals surface area (Å²) in [5.74, 6) is 1.68. The van der Waals surface area contributed by atoms with E-state index in [4.69, 9.17) is 0 Å². The molecule has 1 aromatic carbocycles. The Morgan fingerprint density at radius 2 is 1.91 bits per heavy atom. The zero-order valence-electron chi connectivity index (χ0n) is 19.2. The Morgan fingerprint density at radius 1 is 1.19 bits per heavy atom. The van der Waals surface area contributed by atoms with E-state index < -0.39 is 0 Å². The zero-order valence-corrected chi connectivity index (χ0v) is 19.2. The number of aromatic nitrogens is 2. The molecule has 0 amide bonds. The van der Waals surface area contributed by atoms with Crippen molar-refractivity contribution in [3.05, 3.63) is 65.5 Å². The highest BCUT2D eigenvalue weighted by Crippen LogP contribution is 2.48. The van der Waals surface area contributed by atoms with Gasteiger partial charge in [-0.3, -0.25) is 0 Å². The normalized spacial score (nSPS) is 19.5. The molecule has 32 heavy (non-hydrogen) atoms. The number of nitrogens with one attached hydrogen (secondary N) is 2. The molecule has 1 unspecified atom stereocenters. The number of benzene rings is 1. The molecule has 2 N–H and O–H groups in total. The summed E-state index contributed by atoms with van der Waals surface area (Å²) in [4.78, 5) is 11.4. The first kappa shape index (κ1) is 21.0. The lowest BCUT2D eigenvalue weighted by Crippen LogP contribution is -2.60. The van der Waals surface area contributed by atoms with Gasteiger partial charge in [0.25, 0.3) is 0 Å². The number of anilines is 2. The average molecular weight is 434 g/mol. The minimum atomic E-state index is -0.186. The highest BCUT2D eigenvalue weighted by Gasteiger charge is 2.48. The second-order valence-corrected chi connectivity index (χ2v) is 10.1. The molecule has 6 heteroatoms. The van der Waals surface area contributed by atoms with E-state index >= 15 is 0 Å². The van der Waals surface area contributed by atoms with Gasteiger partial charge in [0.2, 0.25) is 5.95 Å². The molecule has 1 saturated heterocycles. The molecule has 2 aromatic rings. The van der Waals surface area contributed by atoms with Gasteiger partial charge in [-0.25, -0.2) is 14.4 Å². The molecule has 168 valence electrons. The number of allylic oxidation sites excluding steroid dienone is 1. The first-order valence-corrected chi connectivity index (χ1v) is 11.6. The van der Waals surface area contributed by atoms with E-state index in [-0.39, 0.29) is 11.9 Å². The van der Waals surface area contributed by atoms with Crippen molar-refractivity contribution in [2.24, 2.45) is 11.3 Å². The van der Waals surface area contributed by atoms with Crippen molar-refractivity contribution in [1.82, 2.24) is 15.3 Å². The number of fused-ring (bicyclic) bond motifs is 1. The van der Waals surface area contributed by atoms with E-state index in [2.05, 4.69) is 52.9 Å². The topological polar surface area (TPSA) is 53.1 Å². The fraction of sp³-hybridized carbons (Fsp3) is 0.462. The van der Waals surface area contributed by atoms with Crippen LogP contribution in [0.15, 0.2) is 48.6 Å². The summed E-state index contributed by atoms with van der Waals surface area (Å²) in [5.41, 5.74) is 6.02. The highest BCUT2D eigenvalue weighted by molar-refractivity contribution is 5.76. The van der Waals surface area contributed by atoms with Gasteiger partial charge in [0, 0.05) is 18.5 Å². The van der Waals surface area contributed by atoms with Crippen molar-refractivity contribution in [2.45, 2.75) is 52.5 Å². The highest BCUT2D eigenvalue weighted by atomic mass is 19.1. The predicted molar refractivity (Wildman–Crippen MR) is 128 cm³/mol. The Morgan fingerprint density at radius 3 is 2.53 bits per heavy atom. The first-order valence-electron chi connectivity index (χ1n) is 11.6. The van der Waals surface area contributed by atoms with Crippen LogP contribution >= 0.6 is 0 Å². The molecule has 2 heterocycles. The third-order valence-electron chi connectivity index (χ3n) is 7.39. The van der Waals surface area contributed by atoms with Crippen LogP contribution in [0.4, 0.5) is 16.0 Å². The average Bonchev–Trinajstić information content (AvgIpc) is 3.01. The monoisotopic (exact) mass is 433 g/mol. The Labute approximate surface area is 189 Å². The molecule has 3 aliphatic rings. The van der Waals surface area contributed by atoms with Crippen LogP contribution < -0.4 is 15.5 Å². The van der Waals surface area contributed by atoms with Crippen LogP contribution in [0.5, 0.6) is 0 Å². The van der Waals surface area contributed by atoms with Gasteiger partial charge in [0.05, 0.1) is 29.9 Å². The summed E-state index contributed by atoms with van der Waals surface area (Å²) in [6.07, 6.45) is 8.54. The van der Waals surface area contributed by atoms with Gasteiger partial charge < -0.3 is 15.5 Å². The molecule has 0 bridgehead atoms. The third-order valence-corrected chi connectivity index (χ3v) is 7.39. The zero-order chi connectivity index (χ0) is 22.5. The molecule has 1 spiro atoms. The fourth-order valence-electron chi connectivity index (χ4n) is 5.41. The van der Waals surface area contributed by atoms with Crippen LogP contribution in [0.25, 0.3) is 5.57 Å². The van der Waals surface area contributed by atoms with Gasteiger partial charge >= 0.3 is 0 Å². The van der Waals surface area contributed by atoms with Crippen LogP contribution in [0.2, 0.25) is 0 Å². The van der Waals surface area contributed by atoms with E-state index in [1.807, 2.05) is 18.5 Å². The molecule has 0 radical (unpaired) electrons. The number of rotatable bonds is 7. The number of nitrogens with zero attached hydrogens (tertiary/aromatic N) is 3. The summed E-state index contributed by atoms with van der Waals surface area (Å²) in [6, 6.07) is 5.19. The fourth-order valence-corrected chi connectivity index (χ4v) is 5.41. The maximum absolute atomic E-state index is 13.8. The second kappa shape index (κ2) is 7.91. The smallest absolute Gasteiger partial charge is 0.225 e. The Hall–Kier alpha value is -2.89. The Bertz CT molecular complexity index is 1060. The second-order valence-electron chi connectivity index (χ2n) is 10.1. The van der Waals surface area contributed by atoms with Gasteiger partial charge in [0.15, 0.2) is 0 Å². The maximum Gasteiger partial charge on any atom is 0.225 e. The number of hydrogen-bond acceptors (Lipinski definition) is 5.